The van der Waals surface area contributed by atoms with Gasteiger partial charge in [-0.3, -0.25) is 4.90 Å². The molecule has 1 aliphatic rings. The second-order valence-corrected chi connectivity index (χ2v) is 6.61. The Morgan fingerprint density at radius 3 is 2.25 bits per heavy atom. The summed E-state index contributed by atoms with van der Waals surface area (Å²) in [5.41, 5.74) is 5.56. The number of nitrogens with two attached hydrogens (primary N) is 1. The lowest BCUT2D eigenvalue weighted by Gasteiger charge is -2.47. The van der Waals surface area contributed by atoms with E-state index in [1.54, 1.807) is 0 Å². The van der Waals surface area contributed by atoms with E-state index in [1.165, 1.54) is 19.3 Å². The molecule has 0 radical (unpaired) electrons. The number of likely N-dealkylation sites (N-methyl/N-ethyl adjacent to an activating group) is 1. The van der Waals surface area contributed by atoms with E-state index in [0.717, 1.165) is 6.42 Å². The van der Waals surface area contributed by atoms with Crippen molar-refractivity contribution in [3.63, 3.8) is 0 Å². The molecule has 0 amide bonds. The Kier molecular flexibility index (Phi) is 6.32. The molecule has 0 aromatic rings. The van der Waals surface area contributed by atoms with Crippen LogP contribution in [0.2, 0.25) is 0 Å². The fourth-order valence-electron chi connectivity index (χ4n) is 3.36. The van der Waals surface area contributed by atoms with E-state index < -0.39 is 12.6 Å². The van der Waals surface area contributed by atoms with Crippen LogP contribution >= 0.6 is 0 Å². The first-order chi connectivity index (χ1) is 9.19. The average Bonchev–Trinajstić information content (AvgIpc) is 2.36. The Hall–Kier alpha value is -0.290. The minimum atomic E-state index is -4.06. The third-order valence-electron chi connectivity index (χ3n) is 5.03. The van der Waals surface area contributed by atoms with Gasteiger partial charge in [0, 0.05) is 24.5 Å². The molecule has 0 aromatic carbocycles. The standard InChI is InChI=1S/C15H29F3N2/c1-12-7-4-5-8-13(12)20(3)14(2,11-19)9-6-10-15(16,17)18/h12-13H,4-11,19H2,1-3H3. The van der Waals surface area contributed by atoms with E-state index in [0.29, 0.717) is 24.9 Å². The highest BCUT2D eigenvalue weighted by Gasteiger charge is 2.37. The van der Waals surface area contributed by atoms with Crippen LogP contribution in [-0.2, 0) is 0 Å². The summed E-state index contributed by atoms with van der Waals surface area (Å²) in [4.78, 5) is 2.26. The van der Waals surface area contributed by atoms with E-state index in [4.69, 9.17) is 5.73 Å². The number of halogens is 3. The van der Waals surface area contributed by atoms with Crippen LogP contribution in [-0.4, -0.2) is 36.2 Å². The SMILES string of the molecule is CC1CCCCC1N(C)C(C)(CN)CCCC(F)(F)F. The minimum absolute atomic E-state index is 0.155. The lowest BCUT2D eigenvalue weighted by Crippen LogP contribution is -2.56. The van der Waals surface area contributed by atoms with Crippen molar-refractivity contribution in [2.24, 2.45) is 11.7 Å². The van der Waals surface area contributed by atoms with Crippen LogP contribution in [0.25, 0.3) is 0 Å². The van der Waals surface area contributed by atoms with Crippen LogP contribution in [0.1, 0.15) is 58.8 Å². The van der Waals surface area contributed by atoms with Crippen LogP contribution in [0.15, 0.2) is 0 Å². The zero-order valence-electron chi connectivity index (χ0n) is 13.0. The van der Waals surface area contributed by atoms with Gasteiger partial charge in [0.25, 0.3) is 0 Å². The first kappa shape index (κ1) is 17.8. The monoisotopic (exact) mass is 294 g/mol. The van der Waals surface area contributed by atoms with Crippen LogP contribution in [0.4, 0.5) is 13.2 Å². The van der Waals surface area contributed by atoms with Gasteiger partial charge in [-0.2, -0.15) is 13.2 Å². The molecule has 1 saturated carbocycles. The van der Waals surface area contributed by atoms with E-state index in [9.17, 15) is 13.2 Å². The van der Waals surface area contributed by atoms with Gasteiger partial charge in [0.05, 0.1) is 0 Å². The molecular weight excluding hydrogens is 265 g/mol. The molecule has 3 unspecified atom stereocenters. The van der Waals surface area contributed by atoms with Gasteiger partial charge in [-0.15, -0.1) is 0 Å². The number of rotatable bonds is 6. The maximum Gasteiger partial charge on any atom is 0.389 e. The fourth-order valence-corrected chi connectivity index (χ4v) is 3.36. The van der Waals surface area contributed by atoms with Crippen molar-refractivity contribution in [1.29, 1.82) is 0 Å². The van der Waals surface area contributed by atoms with Crippen molar-refractivity contribution in [1.82, 2.24) is 4.90 Å². The van der Waals surface area contributed by atoms with Crippen molar-refractivity contribution in [3.05, 3.63) is 0 Å². The third kappa shape index (κ3) is 4.92. The molecule has 3 atom stereocenters. The normalized spacial score (nSPS) is 27.6. The molecule has 120 valence electrons. The maximum atomic E-state index is 12.3. The second kappa shape index (κ2) is 7.12. The molecule has 20 heavy (non-hydrogen) atoms. The molecule has 0 aromatic heterocycles. The van der Waals surface area contributed by atoms with Crippen LogP contribution in [0.3, 0.4) is 0 Å². The summed E-state index contributed by atoms with van der Waals surface area (Å²) >= 11 is 0. The summed E-state index contributed by atoms with van der Waals surface area (Å²) < 4.78 is 36.9. The van der Waals surface area contributed by atoms with Gasteiger partial charge in [-0.25, -0.2) is 0 Å². The zero-order valence-corrected chi connectivity index (χ0v) is 13.0. The van der Waals surface area contributed by atoms with Gasteiger partial charge < -0.3 is 5.73 Å². The highest BCUT2D eigenvalue weighted by atomic mass is 19.4. The summed E-state index contributed by atoms with van der Waals surface area (Å²) in [6.45, 7) is 4.66. The van der Waals surface area contributed by atoms with Gasteiger partial charge in [0.15, 0.2) is 0 Å². The van der Waals surface area contributed by atoms with Crippen molar-refractivity contribution in [2.75, 3.05) is 13.6 Å². The van der Waals surface area contributed by atoms with E-state index in [-0.39, 0.29) is 12.0 Å². The highest BCUT2D eigenvalue weighted by molar-refractivity contribution is 4.92. The Morgan fingerprint density at radius 2 is 1.75 bits per heavy atom. The molecular formula is C15H29F3N2. The predicted octanol–water partition coefficient (Wildman–Crippen LogP) is 3.95. The first-order valence-corrected chi connectivity index (χ1v) is 7.69. The molecule has 1 aliphatic carbocycles. The van der Waals surface area contributed by atoms with Crippen LogP contribution in [0.5, 0.6) is 0 Å². The van der Waals surface area contributed by atoms with Crippen LogP contribution < -0.4 is 5.73 Å². The molecule has 0 heterocycles. The number of hydrogen-bond acceptors (Lipinski definition) is 2. The molecule has 0 aliphatic heterocycles. The maximum absolute atomic E-state index is 12.3. The number of nitrogens with zero attached hydrogens (tertiary/aromatic N) is 1. The molecule has 0 spiro atoms. The number of hydrogen-bond donors (Lipinski definition) is 1. The topological polar surface area (TPSA) is 29.3 Å². The Labute approximate surface area is 120 Å². The summed E-state index contributed by atoms with van der Waals surface area (Å²) in [6.07, 6.45) is 0.695. The van der Waals surface area contributed by atoms with Crippen LogP contribution in [0, 0.1) is 5.92 Å². The molecule has 0 saturated heterocycles. The van der Waals surface area contributed by atoms with Crippen molar-refractivity contribution >= 4 is 0 Å². The summed E-state index contributed by atoms with van der Waals surface area (Å²) in [5.74, 6) is 0.599. The molecule has 5 heteroatoms. The third-order valence-corrected chi connectivity index (χ3v) is 5.03. The largest absolute Gasteiger partial charge is 0.389 e. The molecule has 1 fully saturated rings. The lowest BCUT2D eigenvalue weighted by molar-refractivity contribution is -0.137. The van der Waals surface area contributed by atoms with E-state index in [1.807, 2.05) is 14.0 Å². The fraction of sp³-hybridized carbons (Fsp3) is 1.00. The van der Waals surface area contributed by atoms with Gasteiger partial charge in [0.1, 0.15) is 0 Å². The second-order valence-electron chi connectivity index (χ2n) is 6.61. The van der Waals surface area contributed by atoms with Crippen molar-refractivity contribution < 1.29 is 13.2 Å². The number of alkyl halides is 3. The highest BCUT2D eigenvalue weighted by Crippen LogP contribution is 2.34. The van der Waals surface area contributed by atoms with Gasteiger partial charge >= 0.3 is 6.18 Å². The quantitative estimate of drug-likeness (QED) is 0.804. The molecule has 1 rings (SSSR count). The van der Waals surface area contributed by atoms with Crippen molar-refractivity contribution in [2.45, 2.75) is 76.6 Å². The first-order valence-electron chi connectivity index (χ1n) is 7.69. The van der Waals surface area contributed by atoms with Gasteiger partial charge in [-0.05, 0) is 45.6 Å². The molecule has 2 nitrogen and oxygen atoms in total. The Bertz CT molecular complexity index is 293. The summed E-state index contributed by atoms with van der Waals surface area (Å²) in [7, 11) is 2.03. The molecule has 0 bridgehead atoms. The van der Waals surface area contributed by atoms with Crippen molar-refractivity contribution in [3.8, 4) is 0 Å². The minimum Gasteiger partial charge on any atom is -0.329 e. The lowest BCUT2D eigenvalue weighted by atomic mass is 9.81. The Morgan fingerprint density at radius 1 is 1.15 bits per heavy atom. The van der Waals surface area contributed by atoms with Gasteiger partial charge in [0.2, 0.25) is 0 Å². The summed E-state index contributed by atoms with van der Waals surface area (Å²) in [5, 5.41) is 0. The predicted molar refractivity (Wildman–Crippen MR) is 76.5 cm³/mol. The summed E-state index contributed by atoms with van der Waals surface area (Å²) in [6, 6.07) is 0.447. The zero-order chi connectivity index (χ0) is 15.4. The van der Waals surface area contributed by atoms with Gasteiger partial charge in [-0.1, -0.05) is 19.8 Å². The van der Waals surface area contributed by atoms with E-state index >= 15 is 0 Å². The average molecular weight is 294 g/mol. The smallest absolute Gasteiger partial charge is 0.329 e. The Balaban J connectivity index is 2.61. The van der Waals surface area contributed by atoms with E-state index in [2.05, 4.69) is 11.8 Å². The molecule has 2 N–H and O–H groups in total.